The fraction of sp³-hybridized carbons (Fsp3) is 0.214. The van der Waals surface area contributed by atoms with Gasteiger partial charge < -0.3 is 14.6 Å². The summed E-state index contributed by atoms with van der Waals surface area (Å²) in [5, 5.41) is 11.0. The molecule has 104 valence electrons. The maximum absolute atomic E-state index is 10.9. The number of benzene rings is 1. The van der Waals surface area contributed by atoms with E-state index in [-0.39, 0.29) is 0 Å². The van der Waals surface area contributed by atoms with Crippen LogP contribution >= 0.6 is 27.3 Å². The second-order valence-electron chi connectivity index (χ2n) is 4.47. The van der Waals surface area contributed by atoms with Crippen LogP contribution in [-0.4, -0.2) is 17.2 Å². The van der Waals surface area contributed by atoms with Gasteiger partial charge in [0.2, 0.25) is 0 Å². The third-order valence-corrected chi connectivity index (χ3v) is 4.57. The summed E-state index contributed by atoms with van der Waals surface area (Å²) in [4.78, 5) is 10.9. The van der Waals surface area contributed by atoms with Crippen LogP contribution in [0.2, 0.25) is 0 Å². The van der Waals surface area contributed by atoms with E-state index in [1.54, 1.807) is 17.4 Å². The summed E-state index contributed by atoms with van der Waals surface area (Å²) in [6.45, 7) is 0.475. The molecule has 0 amide bonds. The van der Waals surface area contributed by atoms with Crippen LogP contribution in [0, 0.1) is 0 Å². The van der Waals surface area contributed by atoms with Gasteiger partial charge >= 0.3 is 5.97 Å². The number of fused-ring (bicyclic) bond motifs is 1. The van der Waals surface area contributed by atoms with Gasteiger partial charge in [-0.15, -0.1) is 11.3 Å². The normalized spacial score (nSPS) is 16.6. The van der Waals surface area contributed by atoms with Crippen molar-refractivity contribution >= 4 is 33.2 Å². The first kappa shape index (κ1) is 13.5. The summed E-state index contributed by atoms with van der Waals surface area (Å²) in [6.07, 6.45) is -0.379. The van der Waals surface area contributed by atoms with Gasteiger partial charge in [-0.3, -0.25) is 0 Å². The summed E-state index contributed by atoms with van der Waals surface area (Å²) in [7, 11) is 0. The Morgan fingerprint density at radius 3 is 3.05 bits per heavy atom. The summed E-state index contributed by atoms with van der Waals surface area (Å²) in [5.41, 5.74) is 2.00. The minimum Gasteiger partial charge on any atom is -0.489 e. The average Bonchev–Trinajstić information content (AvgIpc) is 3.01. The monoisotopic (exact) mass is 354 g/mol. The van der Waals surface area contributed by atoms with E-state index >= 15 is 0 Å². The molecule has 3 rings (SSSR count). The first-order valence-electron chi connectivity index (χ1n) is 6.00. The molecule has 1 aliphatic heterocycles. The Hall–Kier alpha value is -1.53. The smallest absolute Gasteiger partial charge is 0.345 e. The quantitative estimate of drug-likeness (QED) is 0.913. The third-order valence-electron chi connectivity index (χ3n) is 3.02. The van der Waals surface area contributed by atoms with Crippen LogP contribution in [0.15, 0.2) is 33.4 Å². The van der Waals surface area contributed by atoms with Crippen LogP contribution in [-0.2, 0) is 17.8 Å². The molecule has 0 fully saturated rings. The van der Waals surface area contributed by atoms with E-state index in [1.807, 2.05) is 23.6 Å². The molecule has 1 unspecified atom stereocenters. The van der Waals surface area contributed by atoms with E-state index in [1.165, 1.54) is 0 Å². The molecule has 4 nitrogen and oxygen atoms in total. The van der Waals surface area contributed by atoms with E-state index in [0.717, 1.165) is 14.9 Å². The van der Waals surface area contributed by atoms with Gasteiger partial charge in [-0.25, -0.2) is 4.79 Å². The van der Waals surface area contributed by atoms with Crippen molar-refractivity contribution in [2.24, 2.45) is 0 Å². The molecule has 1 aromatic carbocycles. The van der Waals surface area contributed by atoms with Crippen molar-refractivity contribution in [1.82, 2.24) is 0 Å². The van der Waals surface area contributed by atoms with Crippen molar-refractivity contribution < 1.29 is 19.4 Å². The number of carboxylic acid groups (broad SMARTS) is 1. The van der Waals surface area contributed by atoms with Crippen molar-refractivity contribution in [3.8, 4) is 11.5 Å². The summed E-state index contributed by atoms with van der Waals surface area (Å²) < 4.78 is 12.1. The number of carboxylic acids is 1. The van der Waals surface area contributed by atoms with Crippen molar-refractivity contribution in [3.05, 3.63) is 44.6 Å². The van der Waals surface area contributed by atoms with Gasteiger partial charge in [0.05, 0.1) is 3.79 Å². The van der Waals surface area contributed by atoms with Crippen LogP contribution < -0.4 is 9.47 Å². The van der Waals surface area contributed by atoms with Crippen molar-refractivity contribution in [3.63, 3.8) is 0 Å². The largest absolute Gasteiger partial charge is 0.489 e. The van der Waals surface area contributed by atoms with Crippen LogP contribution in [0.25, 0.3) is 0 Å². The minimum absolute atomic E-state index is 0.405. The number of aliphatic carboxylic acids is 1. The summed E-state index contributed by atoms with van der Waals surface area (Å²) in [6, 6.07) is 7.46. The number of ether oxygens (including phenoxy) is 2. The summed E-state index contributed by atoms with van der Waals surface area (Å²) in [5.74, 6) is 0.338. The number of carbonyl (C=O) groups is 1. The lowest BCUT2D eigenvalue weighted by Gasteiger charge is -2.07. The Bertz CT molecular complexity index is 652. The number of thiophene rings is 1. The zero-order chi connectivity index (χ0) is 14.1. The minimum atomic E-state index is -0.938. The van der Waals surface area contributed by atoms with Gasteiger partial charge in [-0.05, 0) is 39.0 Å². The first-order valence-corrected chi connectivity index (χ1v) is 7.67. The molecular weight excluding hydrogens is 344 g/mol. The molecule has 0 saturated carbocycles. The van der Waals surface area contributed by atoms with E-state index in [2.05, 4.69) is 15.9 Å². The molecule has 0 bridgehead atoms. The van der Waals surface area contributed by atoms with E-state index in [4.69, 9.17) is 14.6 Å². The number of halogens is 1. The van der Waals surface area contributed by atoms with Gasteiger partial charge in [-0.2, -0.15) is 0 Å². The highest BCUT2D eigenvalue weighted by Gasteiger charge is 2.28. The molecule has 2 heterocycles. The van der Waals surface area contributed by atoms with E-state index < -0.39 is 12.1 Å². The topological polar surface area (TPSA) is 55.8 Å². The molecule has 6 heteroatoms. The molecule has 0 saturated heterocycles. The molecule has 2 aromatic rings. The Morgan fingerprint density at radius 2 is 2.35 bits per heavy atom. The standard InChI is InChI=1S/C14H11BrO4S/c15-13-3-8(7-20-13)6-18-10-2-1-9-4-12(14(16)17)19-11(9)5-10/h1-3,5,7,12H,4,6H2,(H,16,17). The zero-order valence-corrected chi connectivity index (χ0v) is 12.7. The van der Waals surface area contributed by atoms with Crippen molar-refractivity contribution in [2.75, 3.05) is 0 Å². The van der Waals surface area contributed by atoms with E-state index in [0.29, 0.717) is 24.5 Å². The Balaban J connectivity index is 1.68. The van der Waals surface area contributed by atoms with Crippen molar-refractivity contribution in [1.29, 1.82) is 0 Å². The van der Waals surface area contributed by atoms with Gasteiger partial charge in [0, 0.05) is 18.1 Å². The van der Waals surface area contributed by atoms with Crippen LogP contribution in [0.5, 0.6) is 11.5 Å². The van der Waals surface area contributed by atoms with Gasteiger partial charge in [-0.1, -0.05) is 6.07 Å². The Morgan fingerprint density at radius 1 is 1.50 bits per heavy atom. The maximum atomic E-state index is 10.9. The fourth-order valence-corrected chi connectivity index (χ4v) is 3.22. The van der Waals surface area contributed by atoms with Gasteiger partial charge in [0.25, 0.3) is 0 Å². The second-order valence-corrected chi connectivity index (χ2v) is 6.76. The molecule has 0 radical (unpaired) electrons. The lowest BCUT2D eigenvalue weighted by molar-refractivity contribution is -0.144. The zero-order valence-electron chi connectivity index (χ0n) is 10.3. The molecule has 1 aromatic heterocycles. The highest BCUT2D eigenvalue weighted by molar-refractivity contribution is 9.11. The molecule has 0 aliphatic carbocycles. The van der Waals surface area contributed by atoms with E-state index in [9.17, 15) is 4.79 Å². The molecule has 1 aliphatic rings. The average molecular weight is 355 g/mol. The predicted octanol–water partition coefficient (Wildman–Crippen LogP) is 3.48. The Kier molecular flexibility index (Phi) is 3.67. The van der Waals surface area contributed by atoms with Gasteiger partial charge in [0.15, 0.2) is 6.10 Å². The summed E-state index contributed by atoms with van der Waals surface area (Å²) >= 11 is 5.02. The SMILES string of the molecule is O=C(O)C1Cc2ccc(OCc3csc(Br)c3)cc2O1. The second kappa shape index (κ2) is 5.46. The lowest BCUT2D eigenvalue weighted by Crippen LogP contribution is -2.24. The molecule has 0 spiro atoms. The maximum Gasteiger partial charge on any atom is 0.345 e. The first-order chi connectivity index (χ1) is 9.61. The van der Waals surface area contributed by atoms with Crippen molar-refractivity contribution in [2.45, 2.75) is 19.1 Å². The molecule has 20 heavy (non-hydrogen) atoms. The number of hydrogen-bond donors (Lipinski definition) is 1. The third kappa shape index (κ3) is 2.81. The number of hydrogen-bond acceptors (Lipinski definition) is 4. The molecule has 1 atom stereocenters. The highest BCUT2D eigenvalue weighted by Crippen LogP contribution is 2.33. The fourth-order valence-electron chi connectivity index (χ4n) is 2.02. The van der Waals surface area contributed by atoms with Gasteiger partial charge in [0.1, 0.15) is 18.1 Å². The number of rotatable bonds is 4. The van der Waals surface area contributed by atoms with Crippen LogP contribution in [0.4, 0.5) is 0 Å². The predicted molar refractivity (Wildman–Crippen MR) is 78.5 cm³/mol. The molecular formula is C14H11BrO4S. The van der Waals surface area contributed by atoms with Crippen LogP contribution in [0.1, 0.15) is 11.1 Å². The van der Waals surface area contributed by atoms with Crippen LogP contribution in [0.3, 0.4) is 0 Å². The lowest BCUT2D eigenvalue weighted by atomic mass is 10.1. The molecule has 1 N–H and O–H groups in total. The highest BCUT2D eigenvalue weighted by atomic mass is 79.9. The Labute approximate surface area is 128 Å².